The third-order valence-corrected chi connectivity index (χ3v) is 5.59. The summed E-state index contributed by atoms with van der Waals surface area (Å²) in [7, 11) is 0. The fourth-order valence-corrected chi connectivity index (χ4v) is 4.04. The van der Waals surface area contributed by atoms with E-state index in [4.69, 9.17) is 4.99 Å². The Morgan fingerprint density at radius 1 is 1.27 bits per heavy atom. The first-order chi connectivity index (χ1) is 12.3. The predicted molar refractivity (Wildman–Crippen MR) is 123 cm³/mol. The van der Waals surface area contributed by atoms with Gasteiger partial charge in [0.1, 0.15) is 0 Å². The van der Waals surface area contributed by atoms with E-state index in [-0.39, 0.29) is 30.0 Å². The molecule has 26 heavy (non-hydrogen) atoms. The molecule has 3 rings (SSSR count). The Morgan fingerprint density at radius 3 is 2.85 bits per heavy atom. The first kappa shape index (κ1) is 21.2. The standard InChI is InChI=1S/C20H28N4S.HI/c1-3-21-20(23-16(2)17-7-5-4-6-8-17)22-11-13-24-12-9-19-18(15-24)10-14-25-19;/h4-8,10,14,16H,3,9,11-13,15H2,1-2H3,(H2,21,22,23);1H. The monoisotopic (exact) mass is 484 g/mol. The summed E-state index contributed by atoms with van der Waals surface area (Å²) < 4.78 is 0. The summed E-state index contributed by atoms with van der Waals surface area (Å²) in [6.07, 6.45) is 1.18. The molecule has 0 bridgehead atoms. The zero-order chi connectivity index (χ0) is 17.5. The van der Waals surface area contributed by atoms with Crippen LogP contribution in [0.1, 0.15) is 35.9 Å². The van der Waals surface area contributed by atoms with Gasteiger partial charge in [-0.2, -0.15) is 0 Å². The number of thiophene rings is 1. The summed E-state index contributed by atoms with van der Waals surface area (Å²) in [6.45, 7) is 9.18. The van der Waals surface area contributed by atoms with Crippen LogP contribution >= 0.6 is 35.3 Å². The highest BCUT2D eigenvalue weighted by molar-refractivity contribution is 14.0. The first-order valence-electron chi connectivity index (χ1n) is 9.13. The van der Waals surface area contributed by atoms with Crippen molar-refractivity contribution in [2.45, 2.75) is 32.9 Å². The molecule has 2 aromatic rings. The van der Waals surface area contributed by atoms with Gasteiger partial charge >= 0.3 is 0 Å². The van der Waals surface area contributed by atoms with Crippen molar-refractivity contribution in [3.63, 3.8) is 0 Å². The minimum absolute atomic E-state index is 0. The lowest BCUT2D eigenvalue weighted by Gasteiger charge is -2.26. The van der Waals surface area contributed by atoms with Crippen molar-refractivity contribution < 1.29 is 0 Å². The Bertz CT molecular complexity index is 686. The van der Waals surface area contributed by atoms with E-state index in [1.54, 1.807) is 4.88 Å². The fourth-order valence-electron chi connectivity index (χ4n) is 3.15. The number of hydrogen-bond donors (Lipinski definition) is 2. The van der Waals surface area contributed by atoms with Crippen LogP contribution in [0.3, 0.4) is 0 Å². The molecular weight excluding hydrogens is 455 g/mol. The van der Waals surface area contributed by atoms with Crippen molar-refractivity contribution in [1.29, 1.82) is 0 Å². The Balaban J connectivity index is 0.00000243. The smallest absolute Gasteiger partial charge is 0.191 e. The predicted octanol–water partition coefficient (Wildman–Crippen LogP) is 4.04. The molecule has 1 aliphatic rings. The Hall–Kier alpha value is -1.12. The molecule has 1 aromatic heterocycles. The topological polar surface area (TPSA) is 39.7 Å². The van der Waals surface area contributed by atoms with Crippen molar-refractivity contribution >= 4 is 41.3 Å². The van der Waals surface area contributed by atoms with Crippen LogP contribution in [0.4, 0.5) is 0 Å². The SMILES string of the molecule is CCNC(=NCCN1CCc2sccc2C1)NC(C)c1ccccc1.I. The number of nitrogens with one attached hydrogen (secondary N) is 2. The molecule has 1 atom stereocenters. The van der Waals surface area contributed by atoms with Crippen LogP contribution in [-0.2, 0) is 13.0 Å². The Morgan fingerprint density at radius 2 is 2.08 bits per heavy atom. The number of nitrogens with zero attached hydrogens (tertiary/aromatic N) is 2. The van der Waals surface area contributed by atoms with Gasteiger partial charge in [-0.1, -0.05) is 30.3 Å². The second kappa shape index (κ2) is 10.9. The molecule has 1 aliphatic heterocycles. The molecular formula is C20H29IN4S. The maximum absolute atomic E-state index is 4.77. The lowest BCUT2D eigenvalue weighted by atomic mass is 10.1. The van der Waals surface area contributed by atoms with E-state index in [0.29, 0.717) is 0 Å². The number of hydrogen-bond acceptors (Lipinski definition) is 3. The average Bonchev–Trinajstić information content (AvgIpc) is 3.10. The van der Waals surface area contributed by atoms with Crippen LogP contribution < -0.4 is 10.6 Å². The summed E-state index contributed by atoms with van der Waals surface area (Å²) in [5.74, 6) is 0.895. The highest BCUT2D eigenvalue weighted by Gasteiger charge is 2.16. The molecule has 2 N–H and O–H groups in total. The maximum atomic E-state index is 4.77. The van der Waals surface area contributed by atoms with Gasteiger partial charge in [-0.05, 0) is 42.8 Å². The highest BCUT2D eigenvalue weighted by Crippen LogP contribution is 2.23. The average molecular weight is 484 g/mol. The van der Waals surface area contributed by atoms with Gasteiger partial charge in [0.15, 0.2) is 5.96 Å². The molecule has 2 heterocycles. The maximum Gasteiger partial charge on any atom is 0.191 e. The van der Waals surface area contributed by atoms with Gasteiger partial charge in [0, 0.05) is 31.1 Å². The normalized spacial score (nSPS) is 15.7. The number of guanidine groups is 1. The molecule has 0 amide bonds. The number of halogens is 1. The Kier molecular flexibility index (Phi) is 8.87. The zero-order valence-electron chi connectivity index (χ0n) is 15.6. The van der Waals surface area contributed by atoms with Gasteiger partial charge in [0.05, 0.1) is 12.6 Å². The van der Waals surface area contributed by atoms with E-state index in [1.165, 1.54) is 17.5 Å². The highest BCUT2D eigenvalue weighted by atomic mass is 127. The van der Waals surface area contributed by atoms with Crippen LogP contribution in [-0.4, -0.2) is 37.0 Å². The van der Waals surface area contributed by atoms with Crippen LogP contribution in [0.15, 0.2) is 46.8 Å². The fraction of sp³-hybridized carbons (Fsp3) is 0.450. The summed E-state index contributed by atoms with van der Waals surface area (Å²) in [5.41, 5.74) is 2.78. The molecule has 6 heteroatoms. The molecule has 0 radical (unpaired) electrons. The summed E-state index contributed by atoms with van der Waals surface area (Å²) >= 11 is 1.89. The van der Waals surface area contributed by atoms with E-state index in [2.05, 4.69) is 65.1 Å². The van der Waals surface area contributed by atoms with Gasteiger partial charge < -0.3 is 10.6 Å². The van der Waals surface area contributed by atoms with E-state index >= 15 is 0 Å². The van der Waals surface area contributed by atoms with E-state index < -0.39 is 0 Å². The summed E-state index contributed by atoms with van der Waals surface area (Å²) in [4.78, 5) is 8.84. The number of benzene rings is 1. The molecule has 0 saturated carbocycles. The lowest BCUT2D eigenvalue weighted by molar-refractivity contribution is 0.263. The third-order valence-electron chi connectivity index (χ3n) is 4.57. The second-order valence-electron chi connectivity index (χ2n) is 6.43. The van der Waals surface area contributed by atoms with Crippen molar-refractivity contribution in [2.75, 3.05) is 26.2 Å². The quantitative estimate of drug-likeness (QED) is 0.370. The number of rotatable bonds is 6. The minimum Gasteiger partial charge on any atom is -0.357 e. The van der Waals surface area contributed by atoms with Crippen molar-refractivity contribution in [3.8, 4) is 0 Å². The van der Waals surface area contributed by atoms with Gasteiger partial charge in [-0.25, -0.2) is 0 Å². The second-order valence-corrected chi connectivity index (χ2v) is 7.43. The van der Waals surface area contributed by atoms with Crippen molar-refractivity contribution in [3.05, 3.63) is 57.8 Å². The van der Waals surface area contributed by atoms with E-state index in [0.717, 1.165) is 38.7 Å². The van der Waals surface area contributed by atoms with Crippen LogP contribution in [0.25, 0.3) is 0 Å². The molecule has 0 saturated heterocycles. The largest absolute Gasteiger partial charge is 0.357 e. The molecule has 4 nitrogen and oxygen atoms in total. The molecule has 1 unspecified atom stereocenters. The molecule has 142 valence electrons. The van der Waals surface area contributed by atoms with E-state index in [1.807, 2.05) is 17.4 Å². The van der Waals surface area contributed by atoms with E-state index in [9.17, 15) is 0 Å². The molecule has 1 aromatic carbocycles. The van der Waals surface area contributed by atoms with Crippen LogP contribution in [0.2, 0.25) is 0 Å². The zero-order valence-corrected chi connectivity index (χ0v) is 18.7. The molecule has 0 fully saturated rings. The first-order valence-corrected chi connectivity index (χ1v) is 10.0. The van der Waals surface area contributed by atoms with Gasteiger partial charge in [0.2, 0.25) is 0 Å². The lowest BCUT2D eigenvalue weighted by Crippen LogP contribution is -2.39. The summed E-state index contributed by atoms with van der Waals surface area (Å²) in [6, 6.07) is 13.0. The summed E-state index contributed by atoms with van der Waals surface area (Å²) in [5, 5.41) is 9.07. The van der Waals surface area contributed by atoms with Crippen LogP contribution in [0, 0.1) is 0 Å². The van der Waals surface area contributed by atoms with Crippen molar-refractivity contribution in [1.82, 2.24) is 15.5 Å². The van der Waals surface area contributed by atoms with Gasteiger partial charge in [-0.3, -0.25) is 9.89 Å². The van der Waals surface area contributed by atoms with Gasteiger partial charge in [0.25, 0.3) is 0 Å². The Labute approximate surface area is 178 Å². The van der Waals surface area contributed by atoms with Crippen molar-refractivity contribution in [2.24, 2.45) is 4.99 Å². The number of aliphatic imine (C=N–C) groups is 1. The van der Waals surface area contributed by atoms with Crippen LogP contribution in [0.5, 0.6) is 0 Å². The number of fused-ring (bicyclic) bond motifs is 1. The molecule has 0 spiro atoms. The third kappa shape index (κ3) is 5.96. The molecule has 0 aliphatic carbocycles. The minimum atomic E-state index is 0. The van der Waals surface area contributed by atoms with Gasteiger partial charge in [-0.15, -0.1) is 35.3 Å².